The maximum absolute atomic E-state index is 5.68. The van der Waals surface area contributed by atoms with Crippen LogP contribution in [-0.4, -0.2) is 25.4 Å². The van der Waals surface area contributed by atoms with E-state index in [4.69, 9.17) is 13.9 Å². The molecule has 116 valence electrons. The molecule has 0 bridgehead atoms. The van der Waals surface area contributed by atoms with Gasteiger partial charge in [-0.3, -0.25) is 0 Å². The van der Waals surface area contributed by atoms with Crippen molar-refractivity contribution in [1.29, 1.82) is 0 Å². The Balaban J connectivity index is 2.14. The van der Waals surface area contributed by atoms with Crippen molar-refractivity contribution in [1.82, 2.24) is 5.32 Å². The van der Waals surface area contributed by atoms with Gasteiger partial charge in [-0.15, -0.1) is 0 Å². The van der Waals surface area contributed by atoms with Crippen molar-refractivity contribution in [2.45, 2.75) is 53.4 Å². The van der Waals surface area contributed by atoms with Crippen molar-refractivity contribution >= 4 is 0 Å². The van der Waals surface area contributed by atoms with Crippen molar-refractivity contribution in [2.75, 3.05) is 19.8 Å². The van der Waals surface area contributed by atoms with Crippen LogP contribution in [0.2, 0.25) is 0 Å². The van der Waals surface area contributed by atoms with Crippen LogP contribution in [0.25, 0.3) is 0 Å². The minimum absolute atomic E-state index is 0.108. The third-order valence-electron chi connectivity index (χ3n) is 2.58. The third-order valence-corrected chi connectivity index (χ3v) is 2.58. The monoisotopic (exact) mass is 283 g/mol. The first kappa shape index (κ1) is 17.2. The molecule has 0 saturated carbocycles. The van der Waals surface area contributed by atoms with Crippen LogP contribution in [0.4, 0.5) is 0 Å². The molecule has 4 nitrogen and oxygen atoms in total. The zero-order chi connectivity index (χ0) is 15.0. The summed E-state index contributed by atoms with van der Waals surface area (Å²) in [5.41, 5.74) is -0.108. The van der Waals surface area contributed by atoms with Crippen LogP contribution in [0.5, 0.6) is 0 Å². The Kier molecular flexibility index (Phi) is 7.27. The molecule has 1 rings (SSSR count). The number of hydrogen-bond donors (Lipinski definition) is 1. The minimum atomic E-state index is -0.108. The fourth-order valence-corrected chi connectivity index (χ4v) is 1.66. The van der Waals surface area contributed by atoms with E-state index in [1.165, 1.54) is 0 Å². The van der Waals surface area contributed by atoms with Crippen LogP contribution in [0, 0.1) is 5.92 Å². The van der Waals surface area contributed by atoms with Crippen LogP contribution in [-0.2, 0) is 22.6 Å². The molecule has 0 aliphatic heterocycles. The molecule has 0 unspecified atom stereocenters. The van der Waals surface area contributed by atoms with E-state index in [0.717, 1.165) is 24.6 Å². The van der Waals surface area contributed by atoms with Gasteiger partial charge in [0.2, 0.25) is 0 Å². The van der Waals surface area contributed by atoms with Crippen LogP contribution in [0.1, 0.15) is 46.1 Å². The van der Waals surface area contributed by atoms with E-state index in [1.54, 1.807) is 0 Å². The molecule has 0 spiro atoms. The smallest absolute Gasteiger partial charge is 0.129 e. The number of ether oxygens (including phenoxy) is 2. The molecule has 0 aromatic carbocycles. The highest BCUT2D eigenvalue weighted by molar-refractivity contribution is 5.06. The summed E-state index contributed by atoms with van der Waals surface area (Å²) < 4.78 is 16.8. The van der Waals surface area contributed by atoms with Gasteiger partial charge in [-0.2, -0.15) is 0 Å². The molecule has 4 heteroatoms. The molecule has 1 heterocycles. The summed E-state index contributed by atoms with van der Waals surface area (Å²) in [6, 6.07) is 3.97. The van der Waals surface area contributed by atoms with E-state index < -0.39 is 0 Å². The number of nitrogens with one attached hydrogen (secondary N) is 1. The van der Waals surface area contributed by atoms with Gasteiger partial charge >= 0.3 is 0 Å². The van der Waals surface area contributed by atoms with Crippen LogP contribution in [0.15, 0.2) is 16.5 Å². The first-order chi connectivity index (χ1) is 9.37. The maximum Gasteiger partial charge on any atom is 0.129 e. The molecule has 1 aromatic heterocycles. The lowest BCUT2D eigenvalue weighted by atomic mass is 10.2. The lowest BCUT2D eigenvalue weighted by Crippen LogP contribution is -2.21. The maximum atomic E-state index is 5.68. The zero-order valence-corrected chi connectivity index (χ0v) is 13.5. The lowest BCUT2D eigenvalue weighted by molar-refractivity contribution is -0.0395. The Hall–Kier alpha value is -0.840. The third kappa shape index (κ3) is 8.35. The highest BCUT2D eigenvalue weighted by Crippen LogP contribution is 2.10. The Morgan fingerprint density at radius 3 is 2.50 bits per heavy atom. The summed E-state index contributed by atoms with van der Waals surface area (Å²) in [5, 5.41) is 3.35. The first-order valence-corrected chi connectivity index (χ1v) is 7.37. The van der Waals surface area contributed by atoms with Gasteiger partial charge in [-0.05, 0) is 45.4 Å². The number of furan rings is 1. The average Bonchev–Trinajstić information content (AvgIpc) is 2.74. The summed E-state index contributed by atoms with van der Waals surface area (Å²) in [4.78, 5) is 0. The molecule has 0 atom stereocenters. The minimum Gasteiger partial charge on any atom is -0.462 e. The van der Waals surface area contributed by atoms with E-state index >= 15 is 0 Å². The van der Waals surface area contributed by atoms with Gasteiger partial charge in [0.25, 0.3) is 0 Å². The molecule has 0 aliphatic carbocycles. The Labute approximate surface area is 122 Å². The van der Waals surface area contributed by atoms with Gasteiger partial charge in [0.15, 0.2) is 0 Å². The van der Waals surface area contributed by atoms with Gasteiger partial charge in [0.1, 0.15) is 18.1 Å². The summed E-state index contributed by atoms with van der Waals surface area (Å²) in [6.45, 7) is 13.9. The summed E-state index contributed by atoms with van der Waals surface area (Å²) >= 11 is 0. The lowest BCUT2D eigenvalue weighted by Gasteiger charge is -2.19. The molecule has 0 aliphatic rings. The predicted octanol–water partition coefficient (Wildman–Crippen LogP) is 3.36. The van der Waals surface area contributed by atoms with Crippen molar-refractivity contribution in [3.63, 3.8) is 0 Å². The highest BCUT2D eigenvalue weighted by atomic mass is 16.5. The number of hydrogen-bond acceptors (Lipinski definition) is 4. The van der Waals surface area contributed by atoms with Crippen molar-refractivity contribution in [2.24, 2.45) is 5.92 Å². The second-order valence-corrected chi connectivity index (χ2v) is 6.41. The molecule has 20 heavy (non-hydrogen) atoms. The van der Waals surface area contributed by atoms with Crippen molar-refractivity contribution in [3.05, 3.63) is 23.7 Å². The normalized spacial score (nSPS) is 12.3. The fourth-order valence-electron chi connectivity index (χ4n) is 1.66. The summed E-state index contributed by atoms with van der Waals surface area (Å²) in [5.74, 6) is 2.47. The van der Waals surface area contributed by atoms with E-state index in [-0.39, 0.29) is 5.60 Å². The molecular formula is C16H29NO3. The largest absolute Gasteiger partial charge is 0.462 e. The van der Waals surface area contributed by atoms with Gasteiger partial charge in [-0.25, -0.2) is 0 Å². The first-order valence-electron chi connectivity index (χ1n) is 7.37. The van der Waals surface area contributed by atoms with Gasteiger partial charge < -0.3 is 19.2 Å². The summed E-state index contributed by atoms with van der Waals surface area (Å²) in [7, 11) is 0. The van der Waals surface area contributed by atoms with Crippen molar-refractivity contribution in [3.8, 4) is 0 Å². The summed E-state index contributed by atoms with van der Waals surface area (Å²) in [6.07, 6.45) is 0. The average molecular weight is 283 g/mol. The number of rotatable bonds is 9. The zero-order valence-electron chi connectivity index (χ0n) is 13.5. The Morgan fingerprint density at radius 1 is 1.15 bits per heavy atom. The molecular weight excluding hydrogens is 254 g/mol. The predicted molar refractivity (Wildman–Crippen MR) is 80.6 cm³/mol. The van der Waals surface area contributed by atoms with Crippen molar-refractivity contribution < 1.29 is 13.9 Å². The second kappa shape index (κ2) is 8.45. The van der Waals surface area contributed by atoms with E-state index in [2.05, 4.69) is 19.2 Å². The molecule has 0 amide bonds. The Bertz CT molecular complexity index is 366. The van der Waals surface area contributed by atoms with Crippen LogP contribution >= 0.6 is 0 Å². The van der Waals surface area contributed by atoms with Gasteiger partial charge in [0.05, 0.1) is 25.4 Å². The second-order valence-electron chi connectivity index (χ2n) is 6.41. The molecule has 1 aromatic rings. The molecule has 1 N–H and O–H groups in total. The standard InChI is InChI=1S/C16H29NO3/c1-13(2)10-17-11-14-6-7-15(20-14)12-18-8-9-19-16(3,4)5/h6-7,13,17H,8-12H2,1-5H3. The highest BCUT2D eigenvalue weighted by Gasteiger charge is 2.09. The SMILES string of the molecule is CC(C)CNCc1ccc(COCCOC(C)(C)C)o1. The fraction of sp³-hybridized carbons (Fsp3) is 0.750. The van der Waals surface area contributed by atoms with Crippen LogP contribution in [0.3, 0.4) is 0 Å². The van der Waals surface area contributed by atoms with E-state index in [0.29, 0.717) is 25.7 Å². The van der Waals surface area contributed by atoms with Crippen LogP contribution < -0.4 is 5.32 Å². The molecule has 0 saturated heterocycles. The quantitative estimate of drug-likeness (QED) is 0.706. The van der Waals surface area contributed by atoms with E-state index in [9.17, 15) is 0 Å². The van der Waals surface area contributed by atoms with Gasteiger partial charge in [-0.1, -0.05) is 13.8 Å². The Morgan fingerprint density at radius 2 is 1.85 bits per heavy atom. The van der Waals surface area contributed by atoms with Gasteiger partial charge in [0, 0.05) is 0 Å². The molecule has 0 fully saturated rings. The topological polar surface area (TPSA) is 43.6 Å². The van der Waals surface area contributed by atoms with E-state index in [1.807, 2.05) is 32.9 Å². The molecule has 0 radical (unpaired) electrons.